The topological polar surface area (TPSA) is 44.2 Å². The third-order valence-electron chi connectivity index (χ3n) is 2.91. The summed E-state index contributed by atoms with van der Waals surface area (Å²) in [5, 5.41) is 1.03. The number of benzene rings is 1. The lowest BCUT2D eigenvalue weighted by Crippen LogP contribution is -2.26. The Morgan fingerprint density at radius 1 is 1.18 bits per heavy atom. The summed E-state index contributed by atoms with van der Waals surface area (Å²) in [4.78, 5) is 8.62. The van der Waals surface area contributed by atoms with Gasteiger partial charge in [-0.15, -0.1) is 0 Å². The molecule has 0 spiro atoms. The Morgan fingerprint density at radius 2 is 2.00 bits per heavy atom. The highest BCUT2D eigenvalue weighted by molar-refractivity contribution is 5.77. The van der Waals surface area contributed by atoms with Crippen molar-refractivity contribution in [2.45, 2.75) is 18.9 Å². The first-order valence-electron chi connectivity index (χ1n) is 5.88. The van der Waals surface area contributed by atoms with Crippen molar-refractivity contribution in [3.63, 3.8) is 0 Å². The lowest BCUT2D eigenvalue weighted by Gasteiger charge is -2.22. The lowest BCUT2D eigenvalue weighted by molar-refractivity contribution is 0.0218. The maximum absolute atomic E-state index is 5.76. The van der Waals surface area contributed by atoms with Crippen molar-refractivity contribution in [3.05, 3.63) is 30.5 Å². The van der Waals surface area contributed by atoms with Gasteiger partial charge in [0.25, 0.3) is 0 Å². The van der Waals surface area contributed by atoms with Crippen LogP contribution in [-0.2, 0) is 4.74 Å². The van der Waals surface area contributed by atoms with Gasteiger partial charge in [0.2, 0.25) is 0 Å². The summed E-state index contributed by atoms with van der Waals surface area (Å²) < 4.78 is 11.0. The van der Waals surface area contributed by atoms with Crippen molar-refractivity contribution in [1.82, 2.24) is 9.97 Å². The molecule has 4 heteroatoms. The fourth-order valence-electron chi connectivity index (χ4n) is 1.95. The van der Waals surface area contributed by atoms with Gasteiger partial charge < -0.3 is 9.47 Å². The molecule has 1 aromatic heterocycles. The second-order valence-corrected chi connectivity index (χ2v) is 4.14. The van der Waals surface area contributed by atoms with Crippen LogP contribution in [0.15, 0.2) is 30.5 Å². The van der Waals surface area contributed by atoms with Crippen LogP contribution in [0.5, 0.6) is 6.01 Å². The number of nitrogens with zero attached hydrogens (tertiary/aromatic N) is 2. The molecular weight excluding hydrogens is 216 g/mol. The van der Waals surface area contributed by atoms with Crippen LogP contribution in [0.2, 0.25) is 0 Å². The van der Waals surface area contributed by atoms with Gasteiger partial charge in [-0.1, -0.05) is 18.2 Å². The van der Waals surface area contributed by atoms with E-state index in [-0.39, 0.29) is 6.10 Å². The van der Waals surface area contributed by atoms with Gasteiger partial charge in [-0.05, 0) is 6.07 Å². The number of ether oxygens (including phenoxy) is 2. The minimum absolute atomic E-state index is 0.185. The van der Waals surface area contributed by atoms with Crippen molar-refractivity contribution < 1.29 is 9.47 Å². The number of aromatic nitrogens is 2. The maximum Gasteiger partial charge on any atom is 0.317 e. The minimum atomic E-state index is 0.185. The van der Waals surface area contributed by atoms with E-state index in [2.05, 4.69) is 9.97 Å². The predicted molar refractivity (Wildman–Crippen MR) is 64.0 cm³/mol. The van der Waals surface area contributed by atoms with E-state index in [0.717, 1.165) is 37.0 Å². The zero-order valence-electron chi connectivity index (χ0n) is 9.50. The van der Waals surface area contributed by atoms with Gasteiger partial charge in [-0.25, -0.2) is 4.98 Å². The molecule has 1 fully saturated rings. The van der Waals surface area contributed by atoms with Crippen molar-refractivity contribution >= 4 is 10.9 Å². The summed E-state index contributed by atoms with van der Waals surface area (Å²) in [6.45, 7) is 1.52. The number of para-hydroxylation sites is 1. The molecule has 4 nitrogen and oxygen atoms in total. The molecule has 1 saturated heterocycles. The summed E-state index contributed by atoms with van der Waals surface area (Å²) >= 11 is 0. The Labute approximate surface area is 99.6 Å². The van der Waals surface area contributed by atoms with Crippen LogP contribution in [0.4, 0.5) is 0 Å². The fourth-order valence-corrected chi connectivity index (χ4v) is 1.95. The highest BCUT2D eigenvalue weighted by Crippen LogP contribution is 2.17. The van der Waals surface area contributed by atoms with Crippen LogP contribution in [0.1, 0.15) is 12.8 Å². The van der Waals surface area contributed by atoms with E-state index in [0.29, 0.717) is 6.01 Å². The van der Waals surface area contributed by atoms with Gasteiger partial charge in [0, 0.05) is 24.4 Å². The summed E-state index contributed by atoms with van der Waals surface area (Å²) in [5.41, 5.74) is 0.921. The molecule has 0 saturated carbocycles. The standard InChI is InChI=1S/C13H14N2O2/c1-2-4-12-10(3-1)9-14-13(15-12)17-11-5-7-16-8-6-11/h1-4,9,11H,5-8H2. The van der Waals surface area contributed by atoms with Crippen LogP contribution >= 0.6 is 0 Å². The van der Waals surface area contributed by atoms with E-state index < -0.39 is 0 Å². The molecule has 2 aromatic rings. The average molecular weight is 230 g/mol. The molecule has 2 heterocycles. The van der Waals surface area contributed by atoms with Crippen molar-refractivity contribution in [2.75, 3.05) is 13.2 Å². The largest absolute Gasteiger partial charge is 0.460 e. The zero-order valence-corrected chi connectivity index (χ0v) is 9.50. The Kier molecular flexibility index (Phi) is 2.88. The Hall–Kier alpha value is -1.68. The molecule has 3 rings (SSSR count). The summed E-state index contributed by atoms with van der Waals surface area (Å²) in [5.74, 6) is 0. The first kappa shape index (κ1) is 10.5. The molecule has 0 aliphatic carbocycles. The number of rotatable bonds is 2. The average Bonchev–Trinajstić information content (AvgIpc) is 2.40. The molecular formula is C13H14N2O2. The van der Waals surface area contributed by atoms with Gasteiger partial charge in [0.05, 0.1) is 18.7 Å². The fraction of sp³-hybridized carbons (Fsp3) is 0.385. The quantitative estimate of drug-likeness (QED) is 0.793. The van der Waals surface area contributed by atoms with E-state index in [1.165, 1.54) is 0 Å². The zero-order chi connectivity index (χ0) is 11.5. The summed E-state index contributed by atoms with van der Waals surface area (Å²) in [6, 6.07) is 8.37. The normalized spacial score (nSPS) is 17.2. The van der Waals surface area contributed by atoms with Crippen molar-refractivity contribution in [2.24, 2.45) is 0 Å². The first-order valence-corrected chi connectivity index (χ1v) is 5.88. The molecule has 88 valence electrons. The molecule has 0 bridgehead atoms. The smallest absolute Gasteiger partial charge is 0.317 e. The number of hydrogen-bond acceptors (Lipinski definition) is 4. The third-order valence-corrected chi connectivity index (χ3v) is 2.91. The van der Waals surface area contributed by atoms with Crippen LogP contribution < -0.4 is 4.74 Å². The van der Waals surface area contributed by atoms with Crippen LogP contribution in [0.25, 0.3) is 10.9 Å². The highest BCUT2D eigenvalue weighted by Gasteiger charge is 2.16. The maximum atomic E-state index is 5.76. The third kappa shape index (κ3) is 2.36. The lowest BCUT2D eigenvalue weighted by atomic mass is 10.2. The van der Waals surface area contributed by atoms with E-state index in [1.54, 1.807) is 6.20 Å². The molecule has 1 aromatic carbocycles. The van der Waals surface area contributed by atoms with Crippen molar-refractivity contribution in [3.8, 4) is 6.01 Å². The van der Waals surface area contributed by atoms with Crippen LogP contribution in [-0.4, -0.2) is 29.3 Å². The number of hydrogen-bond donors (Lipinski definition) is 0. The second kappa shape index (κ2) is 4.67. The molecule has 17 heavy (non-hydrogen) atoms. The van der Waals surface area contributed by atoms with E-state index >= 15 is 0 Å². The molecule has 0 amide bonds. The molecule has 1 aliphatic heterocycles. The molecule has 0 N–H and O–H groups in total. The monoisotopic (exact) mass is 230 g/mol. The highest BCUT2D eigenvalue weighted by atomic mass is 16.5. The predicted octanol–water partition coefficient (Wildman–Crippen LogP) is 2.19. The van der Waals surface area contributed by atoms with E-state index in [4.69, 9.17) is 9.47 Å². The summed E-state index contributed by atoms with van der Waals surface area (Å²) in [6.07, 6.45) is 3.81. The Morgan fingerprint density at radius 3 is 2.88 bits per heavy atom. The molecule has 0 radical (unpaired) electrons. The van der Waals surface area contributed by atoms with Crippen molar-refractivity contribution in [1.29, 1.82) is 0 Å². The van der Waals surface area contributed by atoms with Gasteiger partial charge in [0.1, 0.15) is 6.10 Å². The Balaban J connectivity index is 1.80. The molecule has 0 atom stereocenters. The number of fused-ring (bicyclic) bond motifs is 1. The van der Waals surface area contributed by atoms with Crippen LogP contribution in [0, 0.1) is 0 Å². The van der Waals surface area contributed by atoms with E-state index in [1.807, 2.05) is 24.3 Å². The Bertz CT molecular complexity index is 510. The minimum Gasteiger partial charge on any atom is -0.460 e. The SMILES string of the molecule is c1ccc2nc(OC3CCOCC3)ncc2c1. The van der Waals surface area contributed by atoms with Gasteiger partial charge >= 0.3 is 6.01 Å². The van der Waals surface area contributed by atoms with Gasteiger partial charge in [0.15, 0.2) is 0 Å². The van der Waals surface area contributed by atoms with Gasteiger partial charge in [-0.2, -0.15) is 4.98 Å². The molecule has 1 aliphatic rings. The van der Waals surface area contributed by atoms with Crippen LogP contribution in [0.3, 0.4) is 0 Å². The first-order chi connectivity index (χ1) is 8.42. The summed E-state index contributed by atoms with van der Waals surface area (Å²) in [7, 11) is 0. The van der Waals surface area contributed by atoms with E-state index in [9.17, 15) is 0 Å². The van der Waals surface area contributed by atoms with Gasteiger partial charge in [-0.3, -0.25) is 0 Å². The molecule has 0 unspecified atom stereocenters. The second-order valence-electron chi connectivity index (χ2n) is 4.14.